The Morgan fingerprint density at radius 1 is 1.09 bits per heavy atom. The van der Waals surface area contributed by atoms with Gasteiger partial charge >= 0.3 is 0 Å². The number of aromatic nitrogens is 3. The average Bonchev–Trinajstić information content (AvgIpc) is 3.25. The molecule has 0 aliphatic carbocycles. The summed E-state index contributed by atoms with van der Waals surface area (Å²) in [6.45, 7) is 1.87. The quantitative estimate of drug-likeness (QED) is 0.157. The Morgan fingerprint density at radius 2 is 1.89 bits per heavy atom. The summed E-state index contributed by atoms with van der Waals surface area (Å²) in [6, 6.07) is 17.9. The average molecular weight is 509 g/mol. The first-order valence-corrected chi connectivity index (χ1v) is 12.2. The number of anilines is 3. The van der Waals surface area contributed by atoms with Crippen molar-refractivity contribution in [1.82, 2.24) is 14.4 Å². The summed E-state index contributed by atoms with van der Waals surface area (Å²) in [5.41, 5.74) is 5.59. The van der Waals surface area contributed by atoms with Crippen molar-refractivity contribution in [2.45, 2.75) is 17.6 Å². The first-order chi connectivity index (χ1) is 17.0. The van der Waals surface area contributed by atoms with Crippen molar-refractivity contribution in [2.24, 2.45) is 5.10 Å². The summed E-state index contributed by atoms with van der Waals surface area (Å²) in [4.78, 5) is 22.9. The van der Waals surface area contributed by atoms with Crippen LogP contribution in [0.3, 0.4) is 0 Å². The molecule has 0 atom stereocenters. The molecule has 0 spiro atoms. The van der Waals surface area contributed by atoms with Crippen molar-refractivity contribution in [3.63, 3.8) is 0 Å². The van der Waals surface area contributed by atoms with Crippen molar-refractivity contribution in [3.8, 4) is 0 Å². The van der Waals surface area contributed by atoms with Gasteiger partial charge in [-0.05, 0) is 55.0 Å². The molecule has 176 valence electrons. The zero-order chi connectivity index (χ0) is 24.4. The molecule has 0 aliphatic rings. The lowest BCUT2D eigenvalue weighted by atomic mass is 10.2. The standard InChI is InChI=1S/C24H18F2N6OS2/c1-14-5-4-12-32-21(14)30-20(28-15-8-10-16(11-9-15)34-23(25)26)17(22(32)33)13-27-31-24-29-18-6-2-3-7-19(18)35-24/h2-13,23,28H,1H3,(H,29,31)/b27-13-. The van der Waals surface area contributed by atoms with Gasteiger partial charge in [0.15, 0.2) is 0 Å². The summed E-state index contributed by atoms with van der Waals surface area (Å²) < 4.78 is 27.7. The number of aryl methyl sites for hydroxylation is 1. The Morgan fingerprint density at radius 3 is 2.66 bits per heavy atom. The lowest BCUT2D eigenvalue weighted by Crippen LogP contribution is -2.22. The summed E-state index contributed by atoms with van der Waals surface area (Å²) >= 11 is 1.92. The first kappa shape index (κ1) is 22.9. The van der Waals surface area contributed by atoms with Crippen LogP contribution in [0.5, 0.6) is 0 Å². The summed E-state index contributed by atoms with van der Waals surface area (Å²) in [7, 11) is 0. The molecular weight excluding hydrogens is 490 g/mol. The monoisotopic (exact) mass is 508 g/mol. The Labute approximate surface area is 206 Å². The highest BCUT2D eigenvalue weighted by Crippen LogP contribution is 2.28. The van der Waals surface area contributed by atoms with E-state index in [1.807, 2.05) is 37.3 Å². The minimum Gasteiger partial charge on any atom is -0.339 e. The number of fused-ring (bicyclic) bond motifs is 2. The molecule has 0 amide bonds. The normalized spacial score (nSPS) is 11.7. The Hall–Kier alpha value is -3.83. The molecule has 11 heteroatoms. The number of alkyl halides is 2. The second kappa shape index (κ2) is 9.80. The van der Waals surface area contributed by atoms with E-state index in [1.54, 1.807) is 36.5 Å². The first-order valence-electron chi connectivity index (χ1n) is 10.5. The van der Waals surface area contributed by atoms with Crippen LogP contribution in [0.15, 0.2) is 81.7 Å². The number of hydrogen-bond acceptors (Lipinski definition) is 8. The smallest absolute Gasteiger partial charge is 0.288 e. The molecule has 0 saturated carbocycles. The van der Waals surface area contributed by atoms with Gasteiger partial charge in [-0.1, -0.05) is 41.3 Å². The molecule has 0 fully saturated rings. The number of pyridine rings is 1. The minimum atomic E-state index is -2.50. The number of para-hydroxylation sites is 1. The van der Waals surface area contributed by atoms with Gasteiger partial charge in [0.05, 0.1) is 16.4 Å². The van der Waals surface area contributed by atoms with Gasteiger partial charge in [-0.25, -0.2) is 9.97 Å². The van der Waals surface area contributed by atoms with Crippen molar-refractivity contribution in [3.05, 3.63) is 88.3 Å². The van der Waals surface area contributed by atoms with Crippen molar-refractivity contribution < 1.29 is 8.78 Å². The molecule has 7 nitrogen and oxygen atoms in total. The van der Waals surface area contributed by atoms with Crippen LogP contribution >= 0.6 is 23.1 Å². The number of thioether (sulfide) groups is 1. The Kier molecular flexibility index (Phi) is 6.43. The molecule has 35 heavy (non-hydrogen) atoms. The molecule has 3 heterocycles. The highest BCUT2D eigenvalue weighted by Gasteiger charge is 2.14. The maximum absolute atomic E-state index is 13.3. The maximum atomic E-state index is 13.3. The number of hydrogen-bond donors (Lipinski definition) is 2. The molecule has 5 aromatic rings. The zero-order valence-electron chi connectivity index (χ0n) is 18.3. The lowest BCUT2D eigenvalue weighted by Gasteiger charge is -2.12. The van der Waals surface area contributed by atoms with E-state index in [0.29, 0.717) is 38.9 Å². The van der Waals surface area contributed by atoms with E-state index in [2.05, 4.69) is 25.8 Å². The molecule has 0 saturated heterocycles. The third kappa shape index (κ3) is 5.00. The molecule has 0 radical (unpaired) electrons. The second-order valence-corrected chi connectivity index (χ2v) is 9.54. The van der Waals surface area contributed by atoms with E-state index in [-0.39, 0.29) is 11.1 Å². The molecule has 2 N–H and O–H groups in total. The van der Waals surface area contributed by atoms with Crippen molar-refractivity contribution in [1.29, 1.82) is 0 Å². The number of hydrazone groups is 1. The molecular formula is C24H18F2N6OS2. The molecule has 3 aromatic heterocycles. The summed E-state index contributed by atoms with van der Waals surface area (Å²) in [5.74, 6) is -2.20. The van der Waals surface area contributed by atoms with E-state index in [1.165, 1.54) is 22.0 Å². The number of rotatable bonds is 7. The third-order valence-electron chi connectivity index (χ3n) is 5.07. The predicted octanol–water partition coefficient (Wildman–Crippen LogP) is 6.12. The van der Waals surface area contributed by atoms with Gasteiger partial charge in [-0.2, -0.15) is 13.9 Å². The van der Waals surface area contributed by atoms with Crippen LogP contribution in [0.2, 0.25) is 0 Å². The summed E-state index contributed by atoms with van der Waals surface area (Å²) in [5, 5.41) is 7.96. The van der Waals surface area contributed by atoms with Crippen LogP contribution in [-0.4, -0.2) is 26.3 Å². The fourth-order valence-electron chi connectivity index (χ4n) is 3.45. The maximum Gasteiger partial charge on any atom is 0.288 e. The fourth-order valence-corrected chi connectivity index (χ4v) is 4.77. The topological polar surface area (TPSA) is 83.7 Å². The number of halogens is 2. The van der Waals surface area contributed by atoms with Crippen LogP contribution in [0.1, 0.15) is 11.1 Å². The van der Waals surface area contributed by atoms with Crippen LogP contribution in [0.25, 0.3) is 15.9 Å². The molecule has 5 rings (SSSR count). The fraction of sp³-hybridized carbons (Fsp3) is 0.0833. The van der Waals surface area contributed by atoms with E-state index < -0.39 is 5.76 Å². The van der Waals surface area contributed by atoms with Gasteiger partial charge < -0.3 is 5.32 Å². The minimum absolute atomic E-state index is 0.229. The number of thiazole rings is 1. The molecule has 0 aliphatic heterocycles. The third-order valence-corrected chi connectivity index (χ3v) is 6.74. The van der Waals surface area contributed by atoms with E-state index in [9.17, 15) is 13.6 Å². The number of nitrogens with zero attached hydrogens (tertiary/aromatic N) is 4. The Balaban J connectivity index is 1.49. The van der Waals surface area contributed by atoms with Gasteiger partial charge in [0, 0.05) is 16.8 Å². The van der Waals surface area contributed by atoms with Crippen LogP contribution in [0, 0.1) is 6.92 Å². The van der Waals surface area contributed by atoms with Crippen LogP contribution < -0.4 is 16.3 Å². The van der Waals surface area contributed by atoms with Crippen molar-refractivity contribution in [2.75, 3.05) is 10.7 Å². The van der Waals surface area contributed by atoms with E-state index >= 15 is 0 Å². The van der Waals surface area contributed by atoms with Gasteiger partial charge in [0.25, 0.3) is 11.3 Å². The second-order valence-electron chi connectivity index (χ2n) is 7.45. The van der Waals surface area contributed by atoms with Gasteiger partial charge in [0.2, 0.25) is 5.13 Å². The van der Waals surface area contributed by atoms with Crippen LogP contribution in [0.4, 0.5) is 25.4 Å². The zero-order valence-corrected chi connectivity index (χ0v) is 19.9. The highest BCUT2D eigenvalue weighted by molar-refractivity contribution is 7.99. The van der Waals surface area contributed by atoms with Crippen molar-refractivity contribution >= 4 is 61.8 Å². The van der Waals surface area contributed by atoms with Gasteiger partial charge in [-0.3, -0.25) is 14.6 Å². The number of benzene rings is 2. The molecule has 0 bridgehead atoms. The van der Waals surface area contributed by atoms with E-state index in [0.717, 1.165) is 15.8 Å². The van der Waals surface area contributed by atoms with Crippen LogP contribution in [-0.2, 0) is 0 Å². The predicted molar refractivity (Wildman–Crippen MR) is 139 cm³/mol. The highest BCUT2D eigenvalue weighted by atomic mass is 32.2. The van der Waals surface area contributed by atoms with Gasteiger partial charge in [-0.15, -0.1) is 0 Å². The van der Waals surface area contributed by atoms with Gasteiger partial charge in [0.1, 0.15) is 17.0 Å². The lowest BCUT2D eigenvalue weighted by molar-refractivity contribution is 0.252. The molecule has 2 aromatic carbocycles. The van der Waals surface area contributed by atoms with E-state index in [4.69, 9.17) is 0 Å². The summed E-state index contributed by atoms with van der Waals surface area (Å²) in [6.07, 6.45) is 3.05. The SMILES string of the molecule is Cc1cccn2c(=O)c(/C=N\Nc3nc4ccccc4s3)c(Nc3ccc(SC(F)F)cc3)nc12. The molecule has 0 unspecified atom stereocenters. The Bertz CT molecular complexity index is 1570. The number of nitrogens with one attached hydrogen (secondary N) is 2. The largest absolute Gasteiger partial charge is 0.339 e.